The first-order chi connectivity index (χ1) is 6.20. The largest absolute Gasteiger partial charge is 0.379 e. The minimum atomic E-state index is -3.05. The Morgan fingerprint density at radius 1 is 1.69 bits per heavy atom. The highest BCUT2D eigenvalue weighted by molar-refractivity contribution is 7.53. The maximum absolute atomic E-state index is 11.6. The monoisotopic (exact) mass is 209 g/mol. The van der Waals surface area contributed by atoms with E-state index in [1.807, 2.05) is 0 Å². The van der Waals surface area contributed by atoms with Crippen LogP contribution >= 0.6 is 7.60 Å². The Balaban J connectivity index is 2.40. The van der Waals surface area contributed by atoms with E-state index in [0.29, 0.717) is 6.61 Å². The first-order valence-corrected chi connectivity index (χ1v) is 6.04. The maximum Gasteiger partial charge on any atom is 0.344 e. The van der Waals surface area contributed by atoms with Crippen LogP contribution in [0.1, 0.15) is 12.8 Å². The molecule has 2 atom stereocenters. The van der Waals surface area contributed by atoms with Crippen LogP contribution in [0.25, 0.3) is 0 Å². The van der Waals surface area contributed by atoms with Crippen molar-refractivity contribution >= 4 is 7.60 Å². The van der Waals surface area contributed by atoms with E-state index in [9.17, 15) is 4.57 Å². The molecule has 0 radical (unpaired) electrons. The predicted molar refractivity (Wildman–Crippen MR) is 48.6 cm³/mol. The van der Waals surface area contributed by atoms with Gasteiger partial charge in [-0.1, -0.05) is 0 Å². The van der Waals surface area contributed by atoms with E-state index in [2.05, 4.69) is 0 Å². The molecule has 0 aromatic carbocycles. The van der Waals surface area contributed by atoms with Gasteiger partial charge in [-0.05, 0) is 12.8 Å². The van der Waals surface area contributed by atoms with Crippen molar-refractivity contribution in [2.24, 2.45) is 5.73 Å². The summed E-state index contributed by atoms with van der Waals surface area (Å²) < 4.78 is 26.8. The van der Waals surface area contributed by atoms with Crippen molar-refractivity contribution in [2.75, 3.05) is 26.6 Å². The third kappa shape index (κ3) is 3.37. The van der Waals surface area contributed by atoms with Gasteiger partial charge in [0.25, 0.3) is 0 Å². The summed E-state index contributed by atoms with van der Waals surface area (Å²) in [5, 5.41) is 0. The van der Waals surface area contributed by atoms with Crippen molar-refractivity contribution in [3.8, 4) is 0 Å². The van der Waals surface area contributed by atoms with Crippen molar-refractivity contribution < 1.29 is 18.3 Å². The zero-order chi connectivity index (χ0) is 9.73. The Hall–Kier alpha value is 0.0700. The molecule has 0 aliphatic carbocycles. The first kappa shape index (κ1) is 11.1. The number of hydrogen-bond donors (Lipinski definition) is 1. The molecule has 6 heteroatoms. The van der Waals surface area contributed by atoms with Gasteiger partial charge in [0.05, 0.1) is 19.0 Å². The molecule has 1 aliphatic rings. The average molecular weight is 209 g/mol. The summed E-state index contributed by atoms with van der Waals surface area (Å²) in [4.78, 5) is 0. The molecule has 0 saturated carbocycles. The lowest BCUT2D eigenvalue weighted by molar-refractivity contribution is 0.00133. The van der Waals surface area contributed by atoms with E-state index >= 15 is 0 Å². The number of rotatable bonds is 4. The molecular formula is C7H16NO4P. The predicted octanol–water partition coefficient (Wildman–Crippen LogP) is 0.938. The van der Waals surface area contributed by atoms with Crippen molar-refractivity contribution in [2.45, 2.75) is 18.9 Å². The van der Waals surface area contributed by atoms with E-state index in [1.165, 1.54) is 7.11 Å². The molecule has 1 aliphatic heterocycles. The Bertz CT molecular complexity index is 185. The molecule has 1 heterocycles. The lowest BCUT2D eigenvalue weighted by Crippen LogP contribution is -2.25. The molecule has 2 unspecified atom stereocenters. The Labute approximate surface area is 78.1 Å². The second kappa shape index (κ2) is 5.08. The Kier molecular flexibility index (Phi) is 4.35. The van der Waals surface area contributed by atoms with Gasteiger partial charge in [-0.25, -0.2) is 0 Å². The molecule has 0 amide bonds. The topological polar surface area (TPSA) is 70.8 Å². The summed E-state index contributed by atoms with van der Waals surface area (Å²) in [5.74, 6) is 0. The minimum Gasteiger partial charge on any atom is -0.379 e. The molecular weight excluding hydrogens is 193 g/mol. The highest BCUT2D eigenvalue weighted by Gasteiger charge is 2.27. The van der Waals surface area contributed by atoms with Gasteiger partial charge in [-0.3, -0.25) is 4.57 Å². The highest BCUT2D eigenvalue weighted by Crippen LogP contribution is 2.47. The molecule has 0 aromatic rings. The van der Waals surface area contributed by atoms with E-state index in [4.69, 9.17) is 19.5 Å². The zero-order valence-corrected chi connectivity index (χ0v) is 8.66. The number of hydrogen-bond acceptors (Lipinski definition) is 5. The van der Waals surface area contributed by atoms with E-state index < -0.39 is 7.60 Å². The van der Waals surface area contributed by atoms with Crippen LogP contribution in [0.4, 0.5) is 0 Å². The maximum atomic E-state index is 11.6. The molecule has 1 saturated heterocycles. The second-order valence-electron chi connectivity index (χ2n) is 2.92. The van der Waals surface area contributed by atoms with Crippen molar-refractivity contribution in [1.82, 2.24) is 0 Å². The summed E-state index contributed by atoms with van der Waals surface area (Å²) in [6.45, 7) is 1.23. The zero-order valence-electron chi connectivity index (χ0n) is 7.77. The minimum absolute atomic E-state index is 0.0833. The van der Waals surface area contributed by atoms with Gasteiger partial charge in [0.2, 0.25) is 0 Å². The van der Waals surface area contributed by atoms with Crippen LogP contribution < -0.4 is 5.73 Å². The van der Waals surface area contributed by atoms with Gasteiger partial charge >= 0.3 is 7.60 Å². The summed E-state index contributed by atoms with van der Waals surface area (Å²) in [6, 6.07) is 0. The number of nitrogens with two attached hydrogens (primary N) is 1. The van der Waals surface area contributed by atoms with Gasteiger partial charge in [0.1, 0.15) is 0 Å². The van der Waals surface area contributed by atoms with Crippen LogP contribution in [0.2, 0.25) is 0 Å². The fraction of sp³-hybridized carbons (Fsp3) is 1.00. The fourth-order valence-corrected chi connectivity index (χ4v) is 2.12. The van der Waals surface area contributed by atoms with Crippen molar-refractivity contribution in [1.29, 1.82) is 0 Å². The lowest BCUT2D eigenvalue weighted by atomic mass is 10.2. The summed E-state index contributed by atoms with van der Waals surface area (Å²) in [7, 11) is -1.71. The molecule has 2 N–H and O–H groups in total. The van der Waals surface area contributed by atoms with Gasteiger partial charge in [0.15, 0.2) is 0 Å². The van der Waals surface area contributed by atoms with E-state index in [-0.39, 0.29) is 12.4 Å². The van der Waals surface area contributed by atoms with Crippen LogP contribution in [0.5, 0.6) is 0 Å². The molecule has 1 fully saturated rings. The lowest BCUT2D eigenvalue weighted by Gasteiger charge is -2.25. The number of ether oxygens (including phenoxy) is 1. The van der Waals surface area contributed by atoms with Gasteiger partial charge in [-0.2, -0.15) is 0 Å². The summed E-state index contributed by atoms with van der Waals surface area (Å²) >= 11 is 0. The van der Waals surface area contributed by atoms with Crippen LogP contribution in [-0.2, 0) is 18.3 Å². The molecule has 78 valence electrons. The van der Waals surface area contributed by atoms with Crippen LogP contribution in [0.3, 0.4) is 0 Å². The van der Waals surface area contributed by atoms with Crippen LogP contribution in [-0.4, -0.2) is 32.7 Å². The third-order valence-corrected chi connectivity index (χ3v) is 3.55. The smallest absolute Gasteiger partial charge is 0.344 e. The van der Waals surface area contributed by atoms with Gasteiger partial charge in [0, 0.05) is 13.7 Å². The molecule has 1 rings (SSSR count). The third-order valence-electron chi connectivity index (χ3n) is 1.93. The molecule has 0 spiro atoms. The summed E-state index contributed by atoms with van der Waals surface area (Å²) in [5.41, 5.74) is 5.28. The van der Waals surface area contributed by atoms with E-state index in [1.54, 1.807) is 0 Å². The quantitative estimate of drug-likeness (QED) is 0.697. The normalized spacial score (nSPS) is 28.3. The fourth-order valence-electron chi connectivity index (χ4n) is 1.18. The van der Waals surface area contributed by atoms with Crippen LogP contribution in [0.15, 0.2) is 0 Å². The molecule has 13 heavy (non-hydrogen) atoms. The molecule has 0 aromatic heterocycles. The highest BCUT2D eigenvalue weighted by atomic mass is 31.2. The Morgan fingerprint density at radius 2 is 2.46 bits per heavy atom. The van der Waals surface area contributed by atoms with Crippen molar-refractivity contribution in [3.63, 3.8) is 0 Å². The Morgan fingerprint density at radius 3 is 2.92 bits per heavy atom. The van der Waals surface area contributed by atoms with E-state index in [0.717, 1.165) is 19.4 Å². The SMILES string of the molecule is COP(=O)(CN)OC1CCCOC1. The van der Waals surface area contributed by atoms with Gasteiger partial charge < -0.3 is 19.5 Å². The van der Waals surface area contributed by atoms with Crippen molar-refractivity contribution in [3.05, 3.63) is 0 Å². The summed E-state index contributed by atoms with van der Waals surface area (Å²) in [6.07, 6.45) is 1.56. The molecule has 5 nitrogen and oxygen atoms in total. The standard InChI is InChI=1S/C7H16NO4P/c1-10-13(9,6-8)12-7-3-2-4-11-5-7/h7H,2-6,8H2,1H3. The van der Waals surface area contributed by atoms with Gasteiger partial charge in [-0.15, -0.1) is 0 Å². The second-order valence-corrected chi connectivity index (χ2v) is 5.08. The van der Waals surface area contributed by atoms with Crippen LogP contribution in [0, 0.1) is 0 Å². The molecule has 0 bridgehead atoms. The average Bonchev–Trinajstić information content (AvgIpc) is 2.19. The first-order valence-electron chi connectivity index (χ1n) is 4.31.